The van der Waals surface area contributed by atoms with Crippen molar-refractivity contribution in [2.75, 3.05) is 19.6 Å². The van der Waals surface area contributed by atoms with Crippen molar-refractivity contribution in [2.45, 2.75) is 32.2 Å². The highest BCUT2D eigenvalue weighted by Crippen LogP contribution is 2.26. The van der Waals surface area contributed by atoms with Gasteiger partial charge in [0.2, 0.25) is 5.91 Å². The van der Waals surface area contributed by atoms with Gasteiger partial charge in [0, 0.05) is 25.1 Å². The van der Waals surface area contributed by atoms with Crippen molar-refractivity contribution in [3.63, 3.8) is 0 Å². The SMILES string of the molecule is Cc1noc(C2CN(C(=O)CCc3ccccc3)CCCN2C(=O)c2ccccc2)n1. The molecule has 31 heavy (non-hydrogen) atoms. The molecule has 0 radical (unpaired) electrons. The van der Waals surface area contributed by atoms with Crippen LogP contribution in [0.5, 0.6) is 0 Å². The summed E-state index contributed by atoms with van der Waals surface area (Å²) in [6, 6.07) is 18.7. The quantitative estimate of drug-likeness (QED) is 0.634. The number of benzene rings is 2. The molecule has 1 aliphatic rings. The molecule has 7 heteroatoms. The van der Waals surface area contributed by atoms with Gasteiger partial charge in [0.15, 0.2) is 5.82 Å². The lowest BCUT2D eigenvalue weighted by Gasteiger charge is -2.29. The van der Waals surface area contributed by atoms with Crippen LogP contribution in [0.2, 0.25) is 0 Å². The van der Waals surface area contributed by atoms with Crippen LogP contribution < -0.4 is 0 Å². The van der Waals surface area contributed by atoms with Crippen LogP contribution >= 0.6 is 0 Å². The second-order valence-electron chi connectivity index (χ2n) is 7.74. The van der Waals surface area contributed by atoms with E-state index < -0.39 is 6.04 Å². The zero-order chi connectivity index (χ0) is 21.6. The molecule has 2 aromatic carbocycles. The molecule has 0 saturated carbocycles. The molecular weight excluding hydrogens is 392 g/mol. The van der Waals surface area contributed by atoms with Gasteiger partial charge in [-0.15, -0.1) is 0 Å². The summed E-state index contributed by atoms with van der Waals surface area (Å²) in [6.07, 6.45) is 1.80. The predicted molar refractivity (Wildman–Crippen MR) is 115 cm³/mol. The molecular formula is C24H26N4O3. The molecule has 1 aromatic heterocycles. The van der Waals surface area contributed by atoms with Gasteiger partial charge >= 0.3 is 0 Å². The Labute approximate surface area is 181 Å². The Morgan fingerprint density at radius 2 is 1.74 bits per heavy atom. The molecule has 0 aliphatic carbocycles. The maximum atomic E-state index is 13.3. The standard InChI is InChI=1S/C24H26N4O3/c1-18-25-23(31-26-18)21-17-27(22(29)14-13-19-9-4-2-5-10-19)15-8-16-28(21)24(30)20-11-6-3-7-12-20/h2-7,9-12,21H,8,13-17H2,1H3. The Bertz CT molecular complexity index is 1020. The van der Waals surface area contributed by atoms with Gasteiger partial charge in [-0.1, -0.05) is 53.7 Å². The number of aryl methyl sites for hydroxylation is 2. The molecule has 1 aliphatic heterocycles. The van der Waals surface area contributed by atoms with Crippen LogP contribution in [-0.4, -0.2) is 51.4 Å². The second-order valence-corrected chi connectivity index (χ2v) is 7.74. The van der Waals surface area contributed by atoms with Crippen molar-refractivity contribution in [3.05, 3.63) is 83.5 Å². The van der Waals surface area contributed by atoms with Crippen molar-refractivity contribution < 1.29 is 14.1 Å². The van der Waals surface area contributed by atoms with Crippen molar-refractivity contribution in [1.82, 2.24) is 19.9 Å². The van der Waals surface area contributed by atoms with Crippen LogP contribution in [0.25, 0.3) is 0 Å². The van der Waals surface area contributed by atoms with Crippen molar-refractivity contribution in [2.24, 2.45) is 0 Å². The highest BCUT2D eigenvalue weighted by Gasteiger charge is 2.35. The summed E-state index contributed by atoms with van der Waals surface area (Å²) < 4.78 is 5.44. The van der Waals surface area contributed by atoms with E-state index in [0.717, 1.165) is 5.56 Å². The van der Waals surface area contributed by atoms with Crippen LogP contribution in [-0.2, 0) is 11.2 Å². The molecule has 4 rings (SSSR count). The Kier molecular flexibility index (Phi) is 6.40. The van der Waals surface area contributed by atoms with Crippen LogP contribution in [0.3, 0.4) is 0 Å². The summed E-state index contributed by atoms with van der Waals surface area (Å²) in [7, 11) is 0. The molecule has 1 atom stereocenters. The van der Waals surface area contributed by atoms with Crippen LogP contribution in [0.15, 0.2) is 65.2 Å². The fourth-order valence-electron chi connectivity index (χ4n) is 3.92. The van der Waals surface area contributed by atoms with Crippen molar-refractivity contribution in [3.8, 4) is 0 Å². The first-order valence-electron chi connectivity index (χ1n) is 10.6. The molecule has 2 heterocycles. The summed E-state index contributed by atoms with van der Waals surface area (Å²) in [6.45, 7) is 3.20. The average Bonchev–Trinajstić information content (AvgIpc) is 3.12. The normalized spacial score (nSPS) is 16.7. The third-order valence-corrected chi connectivity index (χ3v) is 5.53. The number of hydrogen-bond donors (Lipinski definition) is 0. The number of amides is 2. The number of carbonyl (C=O) groups excluding carboxylic acids is 2. The van der Waals surface area contributed by atoms with Gasteiger partial charge in [-0.3, -0.25) is 9.59 Å². The van der Waals surface area contributed by atoms with E-state index in [2.05, 4.69) is 10.1 Å². The summed E-state index contributed by atoms with van der Waals surface area (Å²) in [4.78, 5) is 34.2. The van der Waals surface area contributed by atoms with Gasteiger partial charge in [0.1, 0.15) is 6.04 Å². The lowest BCUT2D eigenvalue weighted by Crippen LogP contribution is -2.40. The van der Waals surface area contributed by atoms with E-state index >= 15 is 0 Å². The molecule has 1 saturated heterocycles. The van der Waals surface area contributed by atoms with Crippen molar-refractivity contribution in [1.29, 1.82) is 0 Å². The van der Waals surface area contributed by atoms with Gasteiger partial charge in [0.25, 0.3) is 11.8 Å². The van der Waals surface area contributed by atoms with E-state index in [0.29, 0.717) is 56.2 Å². The first-order chi connectivity index (χ1) is 15.1. The Balaban J connectivity index is 1.53. The number of hydrogen-bond acceptors (Lipinski definition) is 5. The summed E-state index contributed by atoms with van der Waals surface area (Å²) >= 11 is 0. The van der Waals surface area contributed by atoms with Gasteiger partial charge in [0.05, 0.1) is 6.54 Å². The molecule has 0 bridgehead atoms. The highest BCUT2D eigenvalue weighted by molar-refractivity contribution is 5.94. The Morgan fingerprint density at radius 3 is 2.42 bits per heavy atom. The molecule has 3 aromatic rings. The maximum Gasteiger partial charge on any atom is 0.254 e. The lowest BCUT2D eigenvalue weighted by molar-refractivity contribution is -0.131. The van der Waals surface area contributed by atoms with Crippen molar-refractivity contribution >= 4 is 11.8 Å². The van der Waals surface area contributed by atoms with E-state index in [1.54, 1.807) is 24.0 Å². The molecule has 0 spiro atoms. The molecule has 1 fully saturated rings. The fraction of sp³-hybridized carbons (Fsp3) is 0.333. The summed E-state index contributed by atoms with van der Waals surface area (Å²) in [5.41, 5.74) is 1.74. The topological polar surface area (TPSA) is 79.5 Å². The first-order valence-corrected chi connectivity index (χ1v) is 10.6. The molecule has 7 nitrogen and oxygen atoms in total. The predicted octanol–water partition coefficient (Wildman–Crippen LogP) is 3.43. The molecule has 1 unspecified atom stereocenters. The molecule has 2 amide bonds. The summed E-state index contributed by atoms with van der Waals surface area (Å²) in [5, 5.41) is 3.91. The number of carbonyl (C=O) groups is 2. The van der Waals surface area contributed by atoms with Gasteiger partial charge in [-0.25, -0.2) is 0 Å². The minimum Gasteiger partial charge on any atom is -0.340 e. The number of nitrogens with zero attached hydrogens (tertiary/aromatic N) is 4. The first kappa shape index (κ1) is 20.8. The Morgan fingerprint density at radius 1 is 1.03 bits per heavy atom. The third-order valence-electron chi connectivity index (χ3n) is 5.53. The zero-order valence-corrected chi connectivity index (χ0v) is 17.6. The minimum atomic E-state index is -0.475. The fourth-order valence-corrected chi connectivity index (χ4v) is 3.92. The van der Waals surface area contributed by atoms with Crippen LogP contribution in [0.1, 0.15) is 46.5 Å². The monoisotopic (exact) mass is 418 g/mol. The summed E-state index contributed by atoms with van der Waals surface area (Å²) in [5.74, 6) is 0.844. The van der Waals surface area contributed by atoms with Gasteiger partial charge < -0.3 is 14.3 Å². The van der Waals surface area contributed by atoms with Gasteiger partial charge in [-0.05, 0) is 37.5 Å². The smallest absolute Gasteiger partial charge is 0.254 e. The molecule has 0 N–H and O–H groups in total. The third kappa shape index (κ3) is 4.99. The van der Waals surface area contributed by atoms with Gasteiger partial charge in [-0.2, -0.15) is 4.98 Å². The van der Waals surface area contributed by atoms with Crippen LogP contribution in [0, 0.1) is 6.92 Å². The van der Waals surface area contributed by atoms with E-state index in [-0.39, 0.29) is 11.8 Å². The Hall–Kier alpha value is -3.48. The minimum absolute atomic E-state index is 0.0686. The average molecular weight is 418 g/mol. The van der Waals surface area contributed by atoms with E-state index in [1.165, 1.54) is 0 Å². The van der Waals surface area contributed by atoms with E-state index in [4.69, 9.17) is 4.52 Å². The second kappa shape index (κ2) is 9.55. The largest absolute Gasteiger partial charge is 0.340 e. The number of rotatable bonds is 5. The van der Waals surface area contributed by atoms with E-state index in [1.807, 2.05) is 53.4 Å². The highest BCUT2D eigenvalue weighted by atomic mass is 16.5. The molecule has 160 valence electrons. The maximum absolute atomic E-state index is 13.3. The van der Waals surface area contributed by atoms with E-state index in [9.17, 15) is 9.59 Å². The number of aromatic nitrogens is 2. The zero-order valence-electron chi connectivity index (χ0n) is 17.6. The lowest BCUT2D eigenvalue weighted by atomic mass is 10.1. The van der Waals surface area contributed by atoms with Crippen LogP contribution in [0.4, 0.5) is 0 Å².